The van der Waals surface area contributed by atoms with E-state index < -0.39 is 0 Å². The number of piperidine rings is 1. The van der Waals surface area contributed by atoms with Crippen molar-refractivity contribution in [1.29, 1.82) is 0 Å². The number of hydrogen-bond acceptors (Lipinski definition) is 2. The molecule has 22 heavy (non-hydrogen) atoms. The summed E-state index contributed by atoms with van der Waals surface area (Å²) in [6.07, 6.45) is 4.96. The van der Waals surface area contributed by atoms with Crippen LogP contribution in [0.3, 0.4) is 0 Å². The number of likely N-dealkylation sites (tertiary alicyclic amines) is 1. The second-order valence-corrected chi connectivity index (χ2v) is 7.16. The number of carbonyl (C=O) groups excluding carboxylic acids is 1. The van der Waals surface area contributed by atoms with Crippen molar-refractivity contribution in [3.05, 3.63) is 41.5 Å². The lowest BCUT2D eigenvalue weighted by Crippen LogP contribution is -2.37. The molecule has 1 amide bonds. The smallest absolute Gasteiger partial charge is 0.410 e. The highest BCUT2D eigenvalue weighted by Gasteiger charge is 2.21. The van der Waals surface area contributed by atoms with Gasteiger partial charge in [-0.3, -0.25) is 0 Å². The van der Waals surface area contributed by atoms with Gasteiger partial charge >= 0.3 is 6.09 Å². The molecule has 1 heterocycles. The van der Waals surface area contributed by atoms with Crippen molar-refractivity contribution >= 4 is 12.2 Å². The lowest BCUT2D eigenvalue weighted by atomic mass is 9.93. The number of nitrogens with zero attached hydrogens (tertiary/aromatic N) is 1. The lowest BCUT2D eigenvalue weighted by Gasteiger charge is -2.28. The number of ether oxygens (including phenoxy) is 1. The van der Waals surface area contributed by atoms with Crippen molar-refractivity contribution in [3.63, 3.8) is 0 Å². The normalized spacial score (nSPS) is 17.6. The molecule has 1 aromatic carbocycles. The molecule has 0 unspecified atom stereocenters. The van der Waals surface area contributed by atoms with Crippen LogP contribution >= 0.6 is 0 Å². The van der Waals surface area contributed by atoms with E-state index in [1.54, 1.807) is 0 Å². The Bertz CT molecular complexity index is 514. The Hall–Kier alpha value is -1.77. The van der Waals surface area contributed by atoms with Gasteiger partial charge in [0.15, 0.2) is 0 Å². The number of benzene rings is 1. The first-order valence-electron chi connectivity index (χ1n) is 8.10. The molecule has 1 saturated heterocycles. The van der Waals surface area contributed by atoms with Gasteiger partial charge in [0.25, 0.3) is 0 Å². The molecular formula is C19H27NO2. The molecule has 0 spiro atoms. The van der Waals surface area contributed by atoms with Crippen LogP contribution in [-0.4, -0.2) is 30.7 Å². The van der Waals surface area contributed by atoms with E-state index in [0.29, 0.717) is 13.2 Å². The van der Waals surface area contributed by atoms with E-state index in [4.69, 9.17) is 4.74 Å². The maximum absolute atomic E-state index is 12.2. The summed E-state index contributed by atoms with van der Waals surface area (Å²) < 4.78 is 5.42. The summed E-state index contributed by atoms with van der Waals surface area (Å²) >= 11 is 0. The Morgan fingerprint density at radius 2 is 2.00 bits per heavy atom. The lowest BCUT2D eigenvalue weighted by molar-refractivity contribution is 0.0914. The largest absolute Gasteiger partial charge is 0.449 e. The Labute approximate surface area is 134 Å². The molecule has 3 nitrogen and oxygen atoms in total. The molecule has 3 heteroatoms. The van der Waals surface area contributed by atoms with Gasteiger partial charge < -0.3 is 9.64 Å². The minimum atomic E-state index is -0.178. The van der Waals surface area contributed by atoms with E-state index in [-0.39, 0.29) is 11.5 Å². The fourth-order valence-corrected chi connectivity index (χ4v) is 2.49. The molecule has 0 aliphatic carbocycles. The summed E-state index contributed by atoms with van der Waals surface area (Å²) in [4.78, 5) is 14.0. The van der Waals surface area contributed by atoms with Crippen LogP contribution in [-0.2, 0) is 4.74 Å². The van der Waals surface area contributed by atoms with Gasteiger partial charge in [-0.05, 0) is 30.2 Å². The molecule has 1 aliphatic heterocycles. The third-order valence-corrected chi connectivity index (χ3v) is 3.83. The van der Waals surface area contributed by atoms with E-state index in [2.05, 4.69) is 39.0 Å². The highest BCUT2D eigenvalue weighted by atomic mass is 16.6. The Kier molecular flexibility index (Phi) is 5.64. The van der Waals surface area contributed by atoms with Gasteiger partial charge in [0.05, 0.1) is 6.61 Å². The summed E-state index contributed by atoms with van der Waals surface area (Å²) in [5, 5.41) is 0. The quantitative estimate of drug-likeness (QED) is 0.807. The molecule has 1 fully saturated rings. The minimum Gasteiger partial charge on any atom is -0.449 e. The van der Waals surface area contributed by atoms with E-state index in [9.17, 15) is 4.79 Å². The second kappa shape index (κ2) is 7.48. The molecular weight excluding hydrogens is 274 g/mol. The Morgan fingerprint density at radius 1 is 1.27 bits per heavy atom. The molecule has 0 radical (unpaired) electrons. The summed E-state index contributed by atoms with van der Waals surface area (Å²) in [6.45, 7) is 8.44. The first-order chi connectivity index (χ1) is 10.4. The summed E-state index contributed by atoms with van der Waals surface area (Å²) in [5.74, 6) is 0. The molecule has 0 saturated carbocycles. The predicted octanol–water partition coefficient (Wildman–Crippen LogP) is 4.74. The van der Waals surface area contributed by atoms with Crippen molar-refractivity contribution in [2.24, 2.45) is 5.41 Å². The monoisotopic (exact) mass is 301 g/mol. The van der Waals surface area contributed by atoms with Crippen molar-refractivity contribution in [1.82, 2.24) is 4.90 Å². The zero-order valence-electron chi connectivity index (χ0n) is 14.0. The van der Waals surface area contributed by atoms with Gasteiger partial charge in [0.2, 0.25) is 0 Å². The second-order valence-electron chi connectivity index (χ2n) is 7.16. The number of carbonyl (C=O) groups is 1. The fourth-order valence-electron chi connectivity index (χ4n) is 2.49. The highest BCUT2D eigenvalue weighted by Crippen LogP contribution is 2.21. The van der Waals surface area contributed by atoms with Gasteiger partial charge in [-0.2, -0.15) is 0 Å². The average Bonchev–Trinajstić information content (AvgIpc) is 2.47. The van der Waals surface area contributed by atoms with Gasteiger partial charge in [0, 0.05) is 13.1 Å². The van der Waals surface area contributed by atoms with Crippen molar-refractivity contribution in [2.45, 2.75) is 40.0 Å². The molecule has 0 N–H and O–H groups in total. The highest BCUT2D eigenvalue weighted by molar-refractivity contribution is 5.69. The zero-order valence-corrected chi connectivity index (χ0v) is 14.0. The molecule has 1 aliphatic rings. The van der Waals surface area contributed by atoms with Crippen LogP contribution in [0.1, 0.15) is 45.6 Å². The van der Waals surface area contributed by atoms with E-state index >= 15 is 0 Å². The maximum Gasteiger partial charge on any atom is 0.410 e. The first-order valence-corrected chi connectivity index (χ1v) is 8.10. The standard InChI is InChI=1S/C19H27NO2/c1-19(2,3)11-13-22-18(21)20-12-7-10-17(15-20)14-16-8-5-4-6-9-16/h4-6,8-9,14H,7,10-13,15H2,1-3H3/b17-14+. The Morgan fingerprint density at radius 3 is 2.68 bits per heavy atom. The third kappa shape index (κ3) is 5.55. The summed E-state index contributed by atoms with van der Waals surface area (Å²) in [6, 6.07) is 10.3. The minimum absolute atomic E-state index is 0.178. The van der Waals surface area contributed by atoms with Crippen molar-refractivity contribution < 1.29 is 9.53 Å². The van der Waals surface area contributed by atoms with Gasteiger partial charge in [-0.15, -0.1) is 0 Å². The fraction of sp³-hybridized carbons (Fsp3) is 0.526. The average molecular weight is 301 g/mol. The predicted molar refractivity (Wildman–Crippen MR) is 90.6 cm³/mol. The molecule has 0 atom stereocenters. The van der Waals surface area contributed by atoms with Crippen LogP contribution in [0.5, 0.6) is 0 Å². The van der Waals surface area contributed by atoms with Gasteiger partial charge in [0.1, 0.15) is 0 Å². The van der Waals surface area contributed by atoms with Gasteiger partial charge in [-0.1, -0.05) is 62.8 Å². The van der Waals surface area contributed by atoms with Crippen LogP contribution < -0.4 is 0 Å². The molecule has 120 valence electrons. The van der Waals surface area contributed by atoms with Crippen LogP contribution in [0.15, 0.2) is 35.9 Å². The van der Waals surface area contributed by atoms with Crippen LogP contribution in [0.25, 0.3) is 6.08 Å². The van der Waals surface area contributed by atoms with Crippen LogP contribution in [0.2, 0.25) is 0 Å². The van der Waals surface area contributed by atoms with Crippen LogP contribution in [0.4, 0.5) is 4.79 Å². The van der Waals surface area contributed by atoms with Crippen molar-refractivity contribution in [2.75, 3.05) is 19.7 Å². The van der Waals surface area contributed by atoms with E-state index in [1.807, 2.05) is 23.1 Å². The van der Waals surface area contributed by atoms with Crippen LogP contribution in [0, 0.1) is 5.41 Å². The molecule has 0 bridgehead atoms. The zero-order chi connectivity index (χ0) is 16.0. The molecule has 2 rings (SSSR count). The summed E-state index contributed by atoms with van der Waals surface area (Å²) in [5.41, 5.74) is 2.69. The van der Waals surface area contributed by atoms with E-state index in [1.165, 1.54) is 11.1 Å². The first kappa shape index (κ1) is 16.6. The number of amides is 1. The SMILES string of the molecule is CC(C)(C)CCOC(=O)N1CCC/C(=C\c2ccccc2)C1. The third-order valence-electron chi connectivity index (χ3n) is 3.83. The molecule has 1 aromatic rings. The summed E-state index contributed by atoms with van der Waals surface area (Å²) in [7, 11) is 0. The van der Waals surface area contributed by atoms with Gasteiger partial charge in [-0.25, -0.2) is 4.79 Å². The molecule has 0 aromatic heterocycles. The van der Waals surface area contributed by atoms with E-state index in [0.717, 1.165) is 25.8 Å². The maximum atomic E-state index is 12.2. The number of rotatable bonds is 3. The number of hydrogen-bond donors (Lipinski definition) is 0. The van der Waals surface area contributed by atoms with Crippen molar-refractivity contribution in [3.8, 4) is 0 Å². The topological polar surface area (TPSA) is 29.5 Å². The Balaban J connectivity index is 1.87.